The van der Waals surface area contributed by atoms with E-state index in [4.69, 9.17) is 0 Å². The Balaban J connectivity index is 1.75. The van der Waals surface area contributed by atoms with Crippen molar-refractivity contribution in [2.75, 3.05) is 0 Å². The summed E-state index contributed by atoms with van der Waals surface area (Å²) in [5, 5.41) is 0. The second-order valence-corrected chi connectivity index (χ2v) is 6.02. The van der Waals surface area contributed by atoms with Gasteiger partial charge in [-0.2, -0.15) is 0 Å². The second kappa shape index (κ2) is 4.68. The average Bonchev–Trinajstić information content (AvgIpc) is 2.64. The maximum absolute atomic E-state index is 2.46. The lowest BCUT2D eigenvalue weighted by Gasteiger charge is -2.33. The summed E-state index contributed by atoms with van der Waals surface area (Å²) in [5.74, 6) is 4.19. The highest BCUT2D eigenvalue weighted by Gasteiger charge is 2.27. The van der Waals surface area contributed by atoms with E-state index in [-0.39, 0.29) is 0 Å². The largest absolute Gasteiger partial charge is 0.0623 e. The molecule has 2 aliphatic carbocycles. The SMILES string of the molecule is CC1CCC(CC2CCCC2)CC1C. The predicted molar refractivity (Wildman–Crippen MR) is 62.2 cm³/mol. The van der Waals surface area contributed by atoms with Gasteiger partial charge >= 0.3 is 0 Å². The van der Waals surface area contributed by atoms with Crippen LogP contribution >= 0.6 is 0 Å². The van der Waals surface area contributed by atoms with Gasteiger partial charge in [-0.1, -0.05) is 52.4 Å². The van der Waals surface area contributed by atoms with E-state index in [0.717, 1.165) is 23.7 Å². The molecule has 0 aromatic carbocycles. The van der Waals surface area contributed by atoms with E-state index in [9.17, 15) is 0 Å². The van der Waals surface area contributed by atoms with Crippen molar-refractivity contribution in [3.8, 4) is 0 Å². The molecule has 2 fully saturated rings. The predicted octanol–water partition coefficient (Wildman–Crippen LogP) is 4.64. The molecule has 0 amide bonds. The Bertz CT molecular complexity index is 167. The molecule has 0 heteroatoms. The Morgan fingerprint density at radius 1 is 0.786 bits per heavy atom. The average molecular weight is 194 g/mol. The lowest BCUT2D eigenvalue weighted by molar-refractivity contribution is 0.183. The van der Waals surface area contributed by atoms with Crippen molar-refractivity contribution < 1.29 is 0 Å². The van der Waals surface area contributed by atoms with Gasteiger partial charge in [0.25, 0.3) is 0 Å². The van der Waals surface area contributed by atoms with Crippen LogP contribution in [0.5, 0.6) is 0 Å². The van der Waals surface area contributed by atoms with Crippen LogP contribution in [0.15, 0.2) is 0 Å². The van der Waals surface area contributed by atoms with Gasteiger partial charge in [-0.25, -0.2) is 0 Å². The second-order valence-electron chi connectivity index (χ2n) is 6.02. The quantitative estimate of drug-likeness (QED) is 0.601. The van der Waals surface area contributed by atoms with Crippen LogP contribution in [0.1, 0.15) is 65.2 Å². The zero-order chi connectivity index (χ0) is 9.97. The van der Waals surface area contributed by atoms with Crippen LogP contribution in [0.25, 0.3) is 0 Å². The maximum Gasteiger partial charge on any atom is -0.0409 e. The van der Waals surface area contributed by atoms with Gasteiger partial charge in [0, 0.05) is 0 Å². The van der Waals surface area contributed by atoms with Gasteiger partial charge < -0.3 is 0 Å². The van der Waals surface area contributed by atoms with Crippen molar-refractivity contribution in [2.45, 2.75) is 65.2 Å². The van der Waals surface area contributed by atoms with E-state index >= 15 is 0 Å². The molecule has 0 aromatic rings. The molecule has 2 saturated carbocycles. The van der Waals surface area contributed by atoms with Crippen LogP contribution in [0.2, 0.25) is 0 Å². The van der Waals surface area contributed by atoms with Gasteiger partial charge in [-0.05, 0) is 36.5 Å². The van der Waals surface area contributed by atoms with E-state index in [1.165, 1.54) is 32.1 Å². The Kier molecular flexibility index (Phi) is 3.52. The summed E-state index contributed by atoms with van der Waals surface area (Å²) >= 11 is 0. The molecule has 0 spiro atoms. The monoisotopic (exact) mass is 194 g/mol. The highest BCUT2D eigenvalue weighted by atomic mass is 14.3. The van der Waals surface area contributed by atoms with Gasteiger partial charge in [-0.3, -0.25) is 0 Å². The smallest absolute Gasteiger partial charge is 0.0409 e. The van der Waals surface area contributed by atoms with Gasteiger partial charge in [-0.15, -0.1) is 0 Å². The van der Waals surface area contributed by atoms with Gasteiger partial charge in [0.15, 0.2) is 0 Å². The van der Waals surface area contributed by atoms with E-state index in [1.807, 2.05) is 0 Å². The lowest BCUT2D eigenvalue weighted by Crippen LogP contribution is -2.22. The molecule has 14 heavy (non-hydrogen) atoms. The third kappa shape index (κ3) is 2.52. The maximum atomic E-state index is 2.46. The van der Waals surface area contributed by atoms with Crippen LogP contribution in [0.3, 0.4) is 0 Å². The molecule has 2 rings (SSSR count). The molecule has 0 aromatic heterocycles. The molecule has 82 valence electrons. The molecule has 0 aliphatic heterocycles. The molecule has 0 N–H and O–H groups in total. The minimum Gasteiger partial charge on any atom is -0.0623 e. The number of hydrogen-bond acceptors (Lipinski definition) is 0. The molecule has 2 aliphatic rings. The van der Waals surface area contributed by atoms with Gasteiger partial charge in [0.2, 0.25) is 0 Å². The minimum absolute atomic E-state index is 0.995. The first-order valence-corrected chi connectivity index (χ1v) is 6.75. The van der Waals surface area contributed by atoms with Gasteiger partial charge in [0.05, 0.1) is 0 Å². The number of rotatable bonds is 2. The molecule has 0 radical (unpaired) electrons. The Morgan fingerprint density at radius 3 is 2.14 bits per heavy atom. The summed E-state index contributed by atoms with van der Waals surface area (Å²) in [6, 6.07) is 0. The molecule has 0 nitrogen and oxygen atoms in total. The van der Waals surface area contributed by atoms with E-state index in [0.29, 0.717) is 0 Å². The van der Waals surface area contributed by atoms with Crippen LogP contribution in [-0.2, 0) is 0 Å². The fourth-order valence-corrected chi connectivity index (χ4v) is 3.59. The molecule has 0 heterocycles. The first-order chi connectivity index (χ1) is 6.75. The molecule has 0 bridgehead atoms. The standard InChI is InChI=1S/C14H26/c1-11-7-8-14(9-12(11)2)10-13-5-3-4-6-13/h11-14H,3-10H2,1-2H3. The molecule has 3 atom stereocenters. The van der Waals surface area contributed by atoms with Crippen molar-refractivity contribution in [3.05, 3.63) is 0 Å². The van der Waals surface area contributed by atoms with Crippen LogP contribution < -0.4 is 0 Å². The summed E-state index contributed by atoms with van der Waals surface area (Å²) < 4.78 is 0. The van der Waals surface area contributed by atoms with Crippen LogP contribution in [-0.4, -0.2) is 0 Å². The Labute approximate surface area is 89.5 Å². The summed E-state index contributed by atoms with van der Waals surface area (Å²) in [4.78, 5) is 0. The molecular formula is C14H26. The Morgan fingerprint density at radius 2 is 1.50 bits per heavy atom. The third-order valence-corrected chi connectivity index (χ3v) is 4.85. The summed E-state index contributed by atoms with van der Waals surface area (Å²) in [6.07, 6.45) is 12.2. The summed E-state index contributed by atoms with van der Waals surface area (Å²) in [6.45, 7) is 4.90. The normalized spacial score (nSPS) is 40.3. The lowest BCUT2D eigenvalue weighted by atomic mass is 9.73. The first kappa shape index (κ1) is 10.5. The topological polar surface area (TPSA) is 0 Å². The Hall–Kier alpha value is 0. The highest BCUT2D eigenvalue weighted by Crippen LogP contribution is 2.39. The van der Waals surface area contributed by atoms with Crippen molar-refractivity contribution in [3.63, 3.8) is 0 Å². The summed E-state index contributed by atoms with van der Waals surface area (Å²) in [5.41, 5.74) is 0. The van der Waals surface area contributed by atoms with Crippen molar-refractivity contribution >= 4 is 0 Å². The zero-order valence-electron chi connectivity index (χ0n) is 9.97. The fraction of sp³-hybridized carbons (Fsp3) is 1.00. The van der Waals surface area contributed by atoms with Crippen molar-refractivity contribution in [2.24, 2.45) is 23.7 Å². The zero-order valence-corrected chi connectivity index (χ0v) is 9.97. The minimum atomic E-state index is 0.995. The molecule has 0 saturated heterocycles. The van der Waals surface area contributed by atoms with Crippen molar-refractivity contribution in [1.82, 2.24) is 0 Å². The van der Waals surface area contributed by atoms with Crippen LogP contribution in [0, 0.1) is 23.7 Å². The summed E-state index contributed by atoms with van der Waals surface area (Å²) in [7, 11) is 0. The van der Waals surface area contributed by atoms with Gasteiger partial charge in [0.1, 0.15) is 0 Å². The highest BCUT2D eigenvalue weighted by molar-refractivity contribution is 4.78. The number of hydrogen-bond donors (Lipinski definition) is 0. The fourth-order valence-electron chi connectivity index (χ4n) is 3.59. The van der Waals surface area contributed by atoms with E-state index in [2.05, 4.69) is 13.8 Å². The van der Waals surface area contributed by atoms with Crippen molar-refractivity contribution in [1.29, 1.82) is 0 Å². The first-order valence-electron chi connectivity index (χ1n) is 6.75. The third-order valence-electron chi connectivity index (χ3n) is 4.85. The molecular weight excluding hydrogens is 168 g/mol. The van der Waals surface area contributed by atoms with E-state index in [1.54, 1.807) is 19.3 Å². The van der Waals surface area contributed by atoms with Crippen LogP contribution in [0.4, 0.5) is 0 Å². The molecule has 3 unspecified atom stereocenters. The van der Waals surface area contributed by atoms with E-state index < -0.39 is 0 Å².